The molecule has 1 atom stereocenters. The molecular formula is C15H22N2O2S2. The molecular weight excluding hydrogens is 304 g/mol. The second kappa shape index (κ2) is 7.85. The lowest BCUT2D eigenvalue weighted by atomic mass is 10.1. The Hall–Kier alpha value is -1.00. The van der Waals surface area contributed by atoms with E-state index < -0.39 is 10.0 Å². The smallest absolute Gasteiger partial charge is 0.243 e. The number of hydrogen-bond acceptors (Lipinski definition) is 4. The number of aryl methyl sites for hydroxylation is 1. The maximum Gasteiger partial charge on any atom is 0.243 e. The Morgan fingerprint density at radius 1 is 1.43 bits per heavy atom. The Balaban J connectivity index is 3.12. The van der Waals surface area contributed by atoms with Gasteiger partial charge in [0.2, 0.25) is 10.0 Å². The molecule has 0 saturated carbocycles. The molecule has 0 fully saturated rings. The summed E-state index contributed by atoms with van der Waals surface area (Å²) < 4.78 is 26.6. The Labute approximate surface area is 132 Å². The van der Waals surface area contributed by atoms with Crippen LogP contribution in [0, 0.1) is 18.8 Å². The molecule has 2 N–H and O–H groups in total. The number of nitrogens with two attached hydrogens (primary N) is 1. The Kier molecular flexibility index (Phi) is 6.75. The van der Waals surface area contributed by atoms with Crippen molar-refractivity contribution >= 4 is 21.8 Å². The van der Waals surface area contributed by atoms with Crippen LogP contribution in [-0.2, 0) is 10.0 Å². The molecule has 0 aliphatic rings. The van der Waals surface area contributed by atoms with Crippen molar-refractivity contribution in [2.75, 3.05) is 25.6 Å². The first-order valence-corrected chi connectivity index (χ1v) is 9.44. The largest absolute Gasteiger partial charge is 0.320 e. The lowest BCUT2D eigenvalue weighted by Gasteiger charge is -2.24. The van der Waals surface area contributed by atoms with Crippen LogP contribution in [0.1, 0.15) is 18.1 Å². The first kappa shape index (κ1) is 18.1. The summed E-state index contributed by atoms with van der Waals surface area (Å²) in [4.78, 5) is 0.300. The van der Waals surface area contributed by atoms with Gasteiger partial charge in [-0.15, -0.1) is 0 Å². The van der Waals surface area contributed by atoms with Crippen molar-refractivity contribution < 1.29 is 8.42 Å². The van der Waals surface area contributed by atoms with E-state index >= 15 is 0 Å². The third kappa shape index (κ3) is 4.48. The van der Waals surface area contributed by atoms with E-state index in [9.17, 15) is 8.42 Å². The lowest BCUT2D eigenvalue weighted by molar-refractivity contribution is 0.415. The third-order valence-electron chi connectivity index (χ3n) is 3.23. The molecule has 0 bridgehead atoms. The van der Waals surface area contributed by atoms with E-state index in [0.717, 1.165) is 16.9 Å². The summed E-state index contributed by atoms with van der Waals surface area (Å²) in [6, 6.07) is 4.95. The highest BCUT2D eigenvalue weighted by Crippen LogP contribution is 2.20. The van der Waals surface area contributed by atoms with Crippen LogP contribution in [0.3, 0.4) is 0 Å². The summed E-state index contributed by atoms with van der Waals surface area (Å²) in [6.45, 7) is 4.04. The summed E-state index contributed by atoms with van der Waals surface area (Å²) in [5.74, 6) is 6.47. The predicted molar refractivity (Wildman–Crippen MR) is 89.9 cm³/mol. The van der Waals surface area contributed by atoms with Crippen LogP contribution in [0.15, 0.2) is 23.1 Å². The van der Waals surface area contributed by atoms with Crippen molar-refractivity contribution in [3.8, 4) is 11.8 Å². The molecule has 0 heterocycles. The quantitative estimate of drug-likeness (QED) is 0.836. The van der Waals surface area contributed by atoms with Gasteiger partial charge in [-0.05, 0) is 43.9 Å². The first-order valence-electron chi connectivity index (χ1n) is 6.61. The normalized spacial score (nSPS) is 12.9. The van der Waals surface area contributed by atoms with E-state index in [4.69, 9.17) is 5.73 Å². The van der Waals surface area contributed by atoms with Crippen LogP contribution in [0.25, 0.3) is 0 Å². The van der Waals surface area contributed by atoms with E-state index in [2.05, 4.69) is 11.8 Å². The Morgan fingerprint density at radius 3 is 2.62 bits per heavy atom. The highest BCUT2D eigenvalue weighted by molar-refractivity contribution is 7.98. The fourth-order valence-corrected chi connectivity index (χ4v) is 4.08. The molecule has 116 valence electrons. The van der Waals surface area contributed by atoms with Crippen molar-refractivity contribution in [2.24, 2.45) is 5.73 Å². The molecule has 1 unspecified atom stereocenters. The molecule has 1 aromatic rings. The summed E-state index contributed by atoms with van der Waals surface area (Å²) in [7, 11) is -1.85. The fourth-order valence-electron chi connectivity index (χ4n) is 1.83. The number of thioether (sulfide) groups is 1. The first-order chi connectivity index (χ1) is 9.84. The van der Waals surface area contributed by atoms with Gasteiger partial charge in [-0.3, -0.25) is 0 Å². The number of benzene rings is 1. The van der Waals surface area contributed by atoms with Gasteiger partial charge in [0.1, 0.15) is 0 Å². The third-order valence-corrected chi connectivity index (χ3v) is 6.01. The zero-order valence-corrected chi connectivity index (χ0v) is 14.5. The zero-order valence-electron chi connectivity index (χ0n) is 12.9. The lowest BCUT2D eigenvalue weighted by Crippen LogP contribution is -2.36. The Bertz CT molecular complexity index is 645. The van der Waals surface area contributed by atoms with Gasteiger partial charge >= 0.3 is 0 Å². The Morgan fingerprint density at radius 2 is 2.10 bits per heavy atom. The number of rotatable bonds is 5. The SMILES string of the molecule is CSCC(C)N(C)S(=O)(=O)c1ccc(C#CCN)c(C)c1. The van der Waals surface area contributed by atoms with Gasteiger partial charge in [-0.2, -0.15) is 16.1 Å². The van der Waals surface area contributed by atoms with Crippen molar-refractivity contribution in [1.82, 2.24) is 4.31 Å². The average Bonchev–Trinajstić information content (AvgIpc) is 2.45. The van der Waals surface area contributed by atoms with E-state index in [1.165, 1.54) is 4.31 Å². The van der Waals surface area contributed by atoms with Gasteiger partial charge in [0.15, 0.2) is 0 Å². The van der Waals surface area contributed by atoms with Crippen molar-refractivity contribution in [3.05, 3.63) is 29.3 Å². The van der Waals surface area contributed by atoms with E-state index in [-0.39, 0.29) is 12.6 Å². The van der Waals surface area contributed by atoms with Gasteiger partial charge in [0, 0.05) is 24.4 Å². The van der Waals surface area contributed by atoms with Crippen LogP contribution in [0.4, 0.5) is 0 Å². The van der Waals surface area contributed by atoms with Crippen molar-refractivity contribution in [1.29, 1.82) is 0 Å². The van der Waals surface area contributed by atoms with Crippen molar-refractivity contribution in [2.45, 2.75) is 24.8 Å². The van der Waals surface area contributed by atoms with Gasteiger partial charge in [-0.25, -0.2) is 8.42 Å². The van der Waals surface area contributed by atoms with Gasteiger partial charge in [0.25, 0.3) is 0 Å². The minimum absolute atomic E-state index is 0.0537. The standard InChI is InChI=1S/C15H22N2O2S2/c1-12-10-15(8-7-14(12)6-5-9-16)21(18,19)17(3)13(2)11-20-4/h7-8,10,13H,9,11,16H2,1-4H3. The van der Waals surface area contributed by atoms with Crippen LogP contribution >= 0.6 is 11.8 Å². The molecule has 1 aromatic carbocycles. The minimum atomic E-state index is -3.47. The zero-order chi connectivity index (χ0) is 16.0. The van der Waals surface area contributed by atoms with Crippen molar-refractivity contribution in [3.63, 3.8) is 0 Å². The number of sulfonamides is 1. The maximum absolute atomic E-state index is 12.6. The molecule has 0 aromatic heterocycles. The van der Waals surface area contributed by atoms with E-state index in [0.29, 0.717) is 4.90 Å². The van der Waals surface area contributed by atoms with Gasteiger partial charge < -0.3 is 5.73 Å². The van der Waals surface area contributed by atoms with Gasteiger partial charge in [0.05, 0.1) is 11.4 Å². The highest BCUT2D eigenvalue weighted by atomic mass is 32.2. The predicted octanol–water partition coefficient (Wildman–Crippen LogP) is 1.68. The fraction of sp³-hybridized carbons (Fsp3) is 0.467. The minimum Gasteiger partial charge on any atom is -0.320 e. The molecule has 0 aliphatic carbocycles. The monoisotopic (exact) mass is 326 g/mol. The van der Waals surface area contributed by atoms with E-state index in [1.807, 2.05) is 20.1 Å². The second-order valence-electron chi connectivity index (χ2n) is 4.81. The number of nitrogens with zero attached hydrogens (tertiary/aromatic N) is 1. The molecule has 6 heteroatoms. The molecule has 0 amide bonds. The van der Waals surface area contributed by atoms with Gasteiger partial charge in [-0.1, -0.05) is 11.8 Å². The molecule has 21 heavy (non-hydrogen) atoms. The maximum atomic E-state index is 12.6. The molecule has 1 rings (SSSR count). The van der Waals surface area contributed by atoms with Crippen LogP contribution in [0.5, 0.6) is 0 Å². The summed E-state index contributed by atoms with van der Waals surface area (Å²) in [5.41, 5.74) is 6.99. The number of hydrogen-bond donors (Lipinski definition) is 1. The second-order valence-corrected chi connectivity index (χ2v) is 7.72. The summed E-state index contributed by atoms with van der Waals surface area (Å²) in [6.07, 6.45) is 1.96. The average molecular weight is 326 g/mol. The molecule has 4 nitrogen and oxygen atoms in total. The molecule has 0 radical (unpaired) electrons. The highest BCUT2D eigenvalue weighted by Gasteiger charge is 2.25. The molecule has 0 saturated heterocycles. The topological polar surface area (TPSA) is 63.4 Å². The van der Waals surface area contributed by atoms with E-state index in [1.54, 1.807) is 37.0 Å². The summed E-state index contributed by atoms with van der Waals surface area (Å²) in [5, 5.41) is 0. The molecule has 0 aliphatic heterocycles. The van der Waals surface area contributed by atoms with Crippen LogP contribution in [-0.4, -0.2) is 44.4 Å². The molecule has 0 spiro atoms. The van der Waals surface area contributed by atoms with Crippen LogP contribution in [0.2, 0.25) is 0 Å². The van der Waals surface area contributed by atoms with Crippen LogP contribution < -0.4 is 5.73 Å². The summed E-state index contributed by atoms with van der Waals surface area (Å²) >= 11 is 1.63.